The molecule has 2 aliphatic rings. The van der Waals surface area contributed by atoms with Crippen molar-refractivity contribution in [1.29, 1.82) is 0 Å². The largest absolute Gasteiger partial charge is 0.454 e. The molecule has 3 heterocycles. The maximum Gasteiger partial charge on any atom is 0.286 e. The number of anilines is 1. The van der Waals surface area contributed by atoms with Crippen LogP contribution in [0.25, 0.3) is 0 Å². The summed E-state index contributed by atoms with van der Waals surface area (Å²) in [5.41, 5.74) is 2.79. The van der Waals surface area contributed by atoms with Gasteiger partial charge in [0, 0.05) is 37.8 Å². The first kappa shape index (κ1) is 24.7. The molecule has 37 heavy (non-hydrogen) atoms. The Morgan fingerprint density at radius 1 is 1.00 bits per heavy atom. The molecule has 3 amide bonds. The number of nitrogens with one attached hydrogen (secondary N) is 2. The molecular formula is C26H27N5O5S. The van der Waals surface area contributed by atoms with Crippen LogP contribution in [0.15, 0.2) is 42.5 Å². The molecule has 0 unspecified atom stereocenters. The maximum atomic E-state index is 12.9. The minimum atomic E-state index is -0.453. The van der Waals surface area contributed by atoms with Gasteiger partial charge in [-0.3, -0.25) is 14.4 Å². The van der Waals surface area contributed by atoms with Crippen molar-refractivity contribution < 1.29 is 23.9 Å². The van der Waals surface area contributed by atoms with Gasteiger partial charge in [0.1, 0.15) is 0 Å². The molecule has 0 aliphatic carbocycles. The van der Waals surface area contributed by atoms with E-state index in [1.54, 1.807) is 23.1 Å². The number of fused-ring (bicyclic) bond motifs is 1. The van der Waals surface area contributed by atoms with Crippen LogP contribution in [-0.4, -0.2) is 52.7 Å². The molecule has 5 rings (SSSR count). The summed E-state index contributed by atoms with van der Waals surface area (Å²) in [6, 6.07) is 13.2. The number of rotatable bonds is 7. The van der Waals surface area contributed by atoms with Gasteiger partial charge in [0.15, 0.2) is 11.5 Å². The van der Waals surface area contributed by atoms with Crippen LogP contribution in [0.1, 0.15) is 50.0 Å². The van der Waals surface area contributed by atoms with Crippen molar-refractivity contribution in [3.8, 4) is 11.5 Å². The van der Waals surface area contributed by atoms with Gasteiger partial charge in [-0.05, 0) is 43.4 Å². The molecule has 2 N–H and O–H groups in total. The molecule has 0 saturated carbocycles. The van der Waals surface area contributed by atoms with Crippen molar-refractivity contribution in [3.05, 3.63) is 63.6 Å². The van der Waals surface area contributed by atoms with Gasteiger partial charge in [-0.15, -0.1) is 10.2 Å². The first-order valence-corrected chi connectivity index (χ1v) is 12.9. The summed E-state index contributed by atoms with van der Waals surface area (Å²) in [4.78, 5) is 39.6. The fourth-order valence-electron chi connectivity index (χ4n) is 4.28. The van der Waals surface area contributed by atoms with Crippen LogP contribution in [0.4, 0.5) is 5.69 Å². The monoisotopic (exact) mass is 521 g/mol. The molecule has 0 radical (unpaired) electrons. The Labute approximate surface area is 218 Å². The number of carbonyl (C=O) groups is 3. The van der Waals surface area contributed by atoms with Crippen LogP contribution >= 0.6 is 11.3 Å². The topological polar surface area (TPSA) is 123 Å². The summed E-state index contributed by atoms with van der Waals surface area (Å²) in [7, 11) is 0. The lowest BCUT2D eigenvalue weighted by molar-refractivity contribution is -0.122. The molecule has 0 atom stereocenters. The van der Waals surface area contributed by atoms with E-state index in [1.807, 2.05) is 31.2 Å². The number of piperidine rings is 1. The van der Waals surface area contributed by atoms with Crippen LogP contribution in [0, 0.1) is 12.8 Å². The number of aryl methyl sites for hydroxylation is 1. The van der Waals surface area contributed by atoms with E-state index in [4.69, 9.17) is 9.47 Å². The van der Waals surface area contributed by atoms with Crippen LogP contribution in [0.5, 0.6) is 11.5 Å². The average molecular weight is 522 g/mol. The van der Waals surface area contributed by atoms with Gasteiger partial charge in [-0.1, -0.05) is 41.2 Å². The Morgan fingerprint density at radius 2 is 1.73 bits per heavy atom. The predicted molar refractivity (Wildman–Crippen MR) is 137 cm³/mol. The molecule has 2 aromatic carbocycles. The fourth-order valence-corrected chi connectivity index (χ4v) is 4.98. The van der Waals surface area contributed by atoms with Gasteiger partial charge in [-0.2, -0.15) is 0 Å². The molecular weight excluding hydrogens is 494 g/mol. The number of carbonyl (C=O) groups excluding carboxylic acids is 3. The Kier molecular flexibility index (Phi) is 7.31. The molecule has 3 aromatic rings. The Morgan fingerprint density at radius 3 is 2.51 bits per heavy atom. The third-order valence-corrected chi connectivity index (χ3v) is 7.33. The van der Waals surface area contributed by atoms with E-state index >= 15 is 0 Å². The Hall–Kier alpha value is -3.99. The van der Waals surface area contributed by atoms with Crippen LogP contribution < -0.4 is 20.1 Å². The van der Waals surface area contributed by atoms with Crippen LogP contribution in [-0.2, 0) is 11.3 Å². The zero-order valence-electron chi connectivity index (χ0n) is 20.4. The quantitative estimate of drug-likeness (QED) is 0.489. The molecule has 10 nitrogen and oxygen atoms in total. The smallest absolute Gasteiger partial charge is 0.286 e. The van der Waals surface area contributed by atoms with Gasteiger partial charge >= 0.3 is 0 Å². The number of ether oxygens (including phenoxy) is 2. The highest BCUT2D eigenvalue weighted by Crippen LogP contribution is 2.34. The maximum absolute atomic E-state index is 12.9. The minimum absolute atomic E-state index is 0.0209. The van der Waals surface area contributed by atoms with Gasteiger partial charge in [0.2, 0.25) is 22.7 Å². The van der Waals surface area contributed by atoms with Gasteiger partial charge in [0.25, 0.3) is 11.8 Å². The second kappa shape index (κ2) is 11.0. The third-order valence-electron chi connectivity index (χ3n) is 6.42. The third kappa shape index (κ3) is 6.05. The highest BCUT2D eigenvalue weighted by molar-refractivity contribution is 7.15. The summed E-state index contributed by atoms with van der Waals surface area (Å²) >= 11 is 0.959. The van der Waals surface area contributed by atoms with Crippen molar-refractivity contribution in [2.24, 2.45) is 5.92 Å². The molecule has 0 bridgehead atoms. The lowest BCUT2D eigenvalue weighted by Gasteiger charge is -2.31. The van der Waals surface area contributed by atoms with E-state index in [9.17, 15) is 14.4 Å². The van der Waals surface area contributed by atoms with Crippen LogP contribution in [0.2, 0.25) is 0 Å². The SMILES string of the molecule is Cc1ccc(CNC(=O)CC2CCN(C(=O)c3nnc(C(=O)Nc4ccc5c(c4)OCO5)s3)CC2)cc1. The minimum Gasteiger partial charge on any atom is -0.454 e. The van der Waals surface area contributed by atoms with Crippen molar-refractivity contribution in [3.63, 3.8) is 0 Å². The van der Waals surface area contributed by atoms with E-state index in [1.165, 1.54) is 5.56 Å². The number of nitrogens with zero attached hydrogens (tertiary/aromatic N) is 3. The molecule has 11 heteroatoms. The van der Waals surface area contributed by atoms with E-state index in [0.29, 0.717) is 43.2 Å². The van der Waals surface area contributed by atoms with E-state index in [2.05, 4.69) is 20.8 Å². The first-order valence-electron chi connectivity index (χ1n) is 12.1. The van der Waals surface area contributed by atoms with Crippen molar-refractivity contribution in [2.45, 2.75) is 32.7 Å². The summed E-state index contributed by atoms with van der Waals surface area (Å²) in [6.45, 7) is 3.76. The molecule has 0 spiro atoms. The fraction of sp³-hybridized carbons (Fsp3) is 0.346. The lowest BCUT2D eigenvalue weighted by atomic mass is 9.93. The van der Waals surface area contributed by atoms with Crippen molar-refractivity contribution in [1.82, 2.24) is 20.4 Å². The number of hydrogen-bond donors (Lipinski definition) is 2. The van der Waals surface area contributed by atoms with E-state index in [0.717, 1.165) is 29.7 Å². The second-order valence-corrected chi connectivity index (χ2v) is 10.1. The number of hydrogen-bond acceptors (Lipinski definition) is 8. The highest BCUT2D eigenvalue weighted by Gasteiger charge is 2.28. The average Bonchev–Trinajstić information content (AvgIpc) is 3.58. The number of benzene rings is 2. The molecule has 1 aromatic heterocycles. The van der Waals surface area contributed by atoms with E-state index in [-0.39, 0.29) is 34.5 Å². The standard InChI is InChI=1S/C26H27N5O5S/c1-16-2-4-18(5-3-16)14-27-22(32)12-17-8-10-31(11-9-17)26(34)25-30-29-24(37-25)23(33)28-19-6-7-20-21(13-19)36-15-35-20/h2-7,13,17H,8-12,14-15H2,1H3,(H,27,32)(H,28,33). The molecule has 192 valence electrons. The summed E-state index contributed by atoms with van der Waals surface area (Å²) in [5, 5.41) is 13.8. The number of likely N-dealkylation sites (tertiary alicyclic amines) is 1. The zero-order chi connectivity index (χ0) is 25.8. The van der Waals surface area contributed by atoms with Crippen LogP contribution in [0.3, 0.4) is 0 Å². The lowest BCUT2D eigenvalue weighted by Crippen LogP contribution is -2.39. The number of aromatic nitrogens is 2. The Balaban J connectivity index is 1.08. The van der Waals surface area contributed by atoms with E-state index < -0.39 is 5.91 Å². The Bertz CT molecular complexity index is 1300. The van der Waals surface area contributed by atoms with Gasteiger partial charge in [-0.25, -0.2) is 0 Å². The second-order valence-electron chi connectivity index (χ2n) is 9.14. The highest BCUT2D eigenvalue weighted by atomic mass is 32.1. The summed E-state index contributed by atoms with van der Waals surface area (Å²) in [5.74, 6) is 0.714. The van der Waals surface area contributed by atoms with Gasteiger partial charge < -0.3 is 25.0 Å². The predicted octanol–water partition coefficient (Wildman–Crippen LogP) is 3.39. The first-order chi connectivity index (χ1) is 17.9. The zero-order valence-corrected chi connectivity index (χ0v) is 21.2. The molecule has 1 saturated heterocycles. The molecule has 1 fully saturated rings. The normalized spacial score (nSPS) is 14.9. The summed E-state index contributed by atoms with van der Waals surface area (Å²) in [6.07, 6.45) is 1.91. The van der Waals surface area contributed by atoms with Crippen molar-refractivity contribution >= 4 is 34.7 Å². The summed E-state index contributed by atoms with van der Waals surface area (Å²) < 4.78 is 10.6. The van der Waals surface area contributed by atoms with Gasteiger partial charge in [0.05, 0.1) is 0 Å². The van der Waals surface area contributed by atoms with Crippen molar-refractivity contribution in [2.75, 3.05) is 25.2 Å². The number of amides is 3. The molecule has 2 aliphatic heterocycles.